The van der Waals surface area contributed by atoms with E-state index in [4.69, 9.17) is 22.7 Å². The third-order valence-electron chi connectivity index (χ3n) is 3.26. The van der Waals surface area contributed by atoms with Crippen LogP contribution in [-0.4, -0.2) is 9.97 Å². The lowest BCUT2D eigenvalue weighted by Gasteiger charge is -2.11. The SMILES string of the molecule is NC(=S)c1ccccc1COc1cccc2cccnc12. The molecule has 0 aliphatic carbocycles. The number of thiocarbonyl (C=S) groups is 1. The summed E-state index contributed by atoms with van der Waals surface area (Å²) >= 11 is 5.07. The van der Waals surface area contributed by atoms with Gasteiger partial charge in [-0.2, -0.15) is 0 Å². The quantitative estimate of drug-likeness (QED) is 0.749. The number of pyridine rings is 1. The smallest absolute Gasteiger partial charge is 0.146 e. The van der Waals surface area contributed by atoms with Crippen LogP contribution in [0.15, 0.2) is 60.8 Å². The van der Waals surface area contributed by atoms with Crippen LogP contribution < -0.4 is 10.5 Å². The van der Waals surface area contributed by atoms with E-state index in [0.29, 0.717) is 11.6 Å². The van der Waals surface area contributed by atoms with Gasteiger partial charge in [-0.05, 0) is 17.7 Å². The van der Waals surface area contributed by atoms with E-state index in [1.165, 1.54) is 0 Å². The van der Waals surface area contributed by atoms with Crippen LogP contribution in [0.25, 0.3) is 10.9 Å². The van der Waals surface area contributed by atoms with E-state index in [-0.39, 0.29) is 0 Å². The van der Waals surface area contributed by atoms with E-state index in [2.05, 4.69) is 4.98 Å². The first-order valence-corrected chi connectivity index (χ1v) is 7.01. The molecule has 0 bridgehead atoms. The molecule has 2 N–H and O–H groups in total. The molecule has 0 saturated heterocycles. The van der Waals surface area contributed by atoms with E-state index >= 15 is 0 Å². The fraction of sp³-hybridized carbons (Fsp3) is 0.0588. The number of hydrogen-bond acceptors (Lipinski definition) is 3. The maximum absolute atomic E-state index is 5.92. The molecule has 0 atom stereocenters. The Kier molecular flexibility index (Phi) is 3.79. The largest absolute Gasteiger partial charge is 0.487 e. The molecule has 0 spiro atoms. The molecule has 21 heavy (non-hydrogen) atoms. The molecular weight excluding hydrogens is 280 g/mol. The summed E-state index contributed by atoms with van der Waals surface area (Å²) in [6.07, 6.45) is 1.76. The zero-order valence-corrected chi connectivity index (χ0v) is 12.1. The van der Waals surface area contributed by atoms with Gasteiger partial charge in [-0.3, -0.25) is 4.98 Å². The van der Waals surface area contributed by atoms with Crippen molar-refractivity contribution in [2.75, 3.05) is 0 Å². The Labute approximate surface area is 128 Å². The van der Waals surface area contributed by atoms with Crippen molar-refractivity contribution in [3.8, 4) is 5.75 Å². The van der Waals surface area contributed by atoms with Gasteiger partial charge in [0.1, 0.15) is 22.9 Å². The number of nitrogens with two attached hydrogens (primary N) is 1. The Balaban J connectivity index is 1.89. The predicted octanol–water partition coefficient (Wildman–Crippen LogP) is 3.45. The second kappa shape index (κ2) is 5.89. The van der Waals surface area contributed by atoms with Crippen LogP contribution in [0.2, 0.25) is 0 Å². The molecule has 0 aliphatic heterocycles. The van der Waals surface area contributed by atoms with Crippen LogP contribution >= 0.6 is 12.2 Å². The van der Waals surface area contributed by atoms with E-state index in [1.54, 1.807) is 6.20 Å². The highest BCUT2D eigenvalue weighted by Crippen LogP contribution is 2.24. The van der Waals surface area contributed by atoms with Crippen molar-refractivity contribution in [1.29, 1.82) is 0 Å². The molecule has 4 heteroatoms. The van der Waals surface area contributed by atoms with Gasteiger partial charge < -0.3 is 10.5 Å². The molecule has 1 aromatic heterocycles. The topological polar surface area (TPSA) is 48.1 Å². The van der Waals surface area contributed by atoms with Crippen LogP contribution in [0.3, 0.4) is 0 Å². The number of ether oxygens (including phenoxy) is 1. The highest BCUT2D eigenvalue weighted by atomic mass is 32.1. The molecule has 0 fully saturated rings. The molecule has 0 saturated carbocycles. The van der Waals surface area contributed by atoms with E-state index in [0.717, 1.165) is 27.8 Å². The van der Waals surface area contributed by atoms with Gasteiger partial charge in [0.05, 0.1) is 0 Å². The average molecular weight is 294 g/mol. The predicted molar refractivity (Wildman–Crippen MR) is 88.4 cm³/mol. The zero-order chi connectivity index (χ0) is 14.7. The summed E-state index contributed by atoms with van der Waals surface area (Å²) in [5.41, 5.74) is 8.41. The normalized spacial score (nSPS) is 10.5. The number of nitrogens with zero attached hydrogens (tertiary/aromatic N) is 1. The van der Waals surface area contributed by atoms with Gasteiger partial charge in [0.25, 0.3) is 0 Å². The summed E-state index contributed by atoms with van der Waals surface area (Å²) in [7, 11) is 0. The van der Waals surface area contributed by atoms with Gasteiger partial charge in [-0.1, -0.05) is 54.7 Å². The lowest BCUT2D eigenvalue weighted by atomic mass is 10.1. The van der Waals surface area contributed by atoms with Crippen molar-refractivity contribution in [3.63, 3.8) is 0 Å². The zero-order valence-electron chi connectivity index (χ0n) is 11.3. The molecule has 2 aromatic carbocycles. The molecule has 1 heterocycles. The van der Waals surface area contributed by atoms with Crippen LogP contribution in [0.4, 0.5) is 0 Å². The number of fused-ring (bicyclic) bond motifs is 1. The second-order valence-corrected chi connectivity index (χ2v) is 5.08. The third kappa shape index (κ3) is 2.85. The summed E-state index contributed by atoms with van der Waals surface area (Å²) in [6.45, 7) is 0.406. The first kappa shape index (κ1) is 13.5. The Hall–Kier alpha value is -2.46. The van der Waals surface area contributed by atoms with E-state index in [9.17, 15) is 0 Å². The van der Waals surface area contributed by atoms with E-state index < -0.39 is 0 Å². The van der Waals surface area contributed by atoms with Gasteiger partial charge in [0.2, 0.25) is 0 Å². The molecule has 0 amide bonds. The van der Waals surface area contributed by atoms with Gasteiger partial charge in [0, 0.05) is 17.1 Å². The lowest BCUT2D eigenvalue weighted by Crippen LogP contribution is -2.13. The standard InChI is InChI=1S/C17H14N2OS/c18-17(21)14-8-2-1-5-13(14)11-20-15-9-3-6-12-7-4-10-19-16(12)15/h1-10H,11H2,(H2,18,21). The van der Waals surface area contributed by atoms with E-state index in [1.807, 2.05) is 54.6 Å². The number of hydrogen-bond donors (Lipinski definition) is 1. The van der Waals surface area contributed by atoms with Crippen molar-refractivity contribution >= 4 is 28.1 Å². The minimum atomic E-state index is 0.380. The lowest BCUT2D eigenvalue weighted by molar-refractivity contribution is 0.309. The molecule has 0 radical (unpaired) electrons. The average Bonchev–Trinajstić information content (AvgIpc) is 2.53. The summed E-state index contributed by atoms with van der Waals surface area (Å²) in [5, 5.41) is 1.05. The molecule has 3 aromatic rings. The highest BCUT2D eigenvalue weighted by Gasteiger charge is 2.07. The highest BCUT2D eigenvalue weighted by molar-refractivity contribution is 7.80. The molecule has 3 rings (SSSR count). The van der Waals surface area contributed by atoms with Crippen molar-refractivity contribution in [1.82, 2.24) is 4.98 Å². The number of aromatic nitrogens is 1. The Morgan fingerprint density at radius 3 is 2.71 bits per heavy atom. The van der Waals surface area contributed by atoms with Crippen molar-refractivity contribution in [2.45, 2.75) is 6.61 Å². The Morgan fingerprint density at radius 1 is 1.05 bits per heavy atom. The molecule has 0 aliphatic rings. The maximum atomic E-state index is 5.92. The van der Waals surface area contributed by atoms with Gasteiger partial charge in [-0.15, -0.1) is 0 Å². The second-order valence-electron chi connectivity index (χ2n) is 4.64. The van der Waals surface area contributed by atoms with Crippen LogP contribution in [0.1, 0.15) is 11.1 Å². The minimum Gasteiger partial charge on any atom is -0.487 e. The monoisotopic (exact) mass is 294 g/mol. The maximum Gasteiger partial charge on any atom is 0.146 e. The summed E-state index contributed by atoms with van der Waals surface area (Å²) < 4.78 is 5.92. The number of rotatable bonds is 4. The van der Waals surface area contributed by atoms with Crippen LogP contribution in [0, 0.1) is 0 Å². The number of para-hydroxylation sites is 1. The molecule has 104 valence electrons. The van der Waals surface area contributed by atoms with Gasteiger partial charge >= 0.3 is 0 Å². The van der Waals surface area contributed by atoms with Crippen molar-refractivity contribution in [3.05, 3.63) is 71.9 Å². The first-order chi connectivity index (χ1) is 10.3. The number of benzene rings is 2. The molecular formula is C17H14N2OS. The van der Waals surface area contributed by atoms with Crippen LogP contribution in [0.5, 0.6) is 5.75 Å². The Morgan fingerprint density at radius 2 is 1.86 bits per heavy atom. The van der Waals surface area contributed by atoms with Crippen molar-refractivity contribution in [2.24, 2.45) is 5.73 Å². The summed E-state index contributed by atoms with van der Waals surface area (Å²) in [6, 6.07) is 17.5. The fourth-order valence-electron chi connectivity index (χ4n) is 2.23. The molecule has 3 nitrogen and oxygen atoms in total. The molecule has 0 unspecified atom stereocenters. The Bertz CT molecular complexity index is 796. The van der Waals surface area contributed by atoms with Gasteiger partial charge in [0.15, 0.2) is 0 Å². The minimum absolute atomic E-state index is 0.380. The summed E-state index contributed by atoms with van der Waals surface area (Å²) in [5.74, 6) is 0.755. The van der Waals surface area contributed by atoms with Gasteiger partial charge in [-0.25, -0.2) is 0 Å². The summed E-state index contributed by atoms with van der Waals surface area (Å²) in [4.78, 5) is 4.76. The third-order valence-corrected chi connectivity index (χ3v) is 3.48. The van der Waals surface area contributed by atoms with Crippen LogP contribution in [-0.2, 0) is 6.61 Å². The first-order valence-electron chi connectivity index (χ1n) is 6.60. The fourth-order valence-corrected chi connectivity index (χ4v) is 2.43. The van der Waals surface area contributed by atoms with Crippen molar-refractivity contribution < 1.29 is 4.74 Å².